The predicted molar refractivity (Wildman–Crippen MR) is 106 cm³/mol. The number of carbonyl (C=O) groups excluding carboxylic acids is 1. The van der Waals surface area contributed by atoms with Crippen LogP contribution in [0.1, 0.15) is 34.1 Å². The first-order valence-electron chi connectivity index (χ1n) is 10.3. The van der Waals surface area contributed by atoms with E-state index in [2.05, 4.69) is 32.6 Å². The molecular formula is C20H40N2O5. The second-order valence-corrected chi connectivity index (χ2v) is 7.58. The van der Waals surface area contributed by atoms with Crippen molar-refractivity contribution in [3.8, 4) is 0 Å². The summed E-state index contributed by atoms with van der Waals surface area (Å²) >= 11 is 0. The summed E-state index contributed by atoms with van der Waals surface area (Å²) in [6.45, 7) is 16.3. The van der Waals surface area contributed by atoms with Gasteiger partial charge in [0.1, 0.15) is 6.61 Å². The second-order valence-electron chi connectivity index (χ2n) is 7.58. The van der Waals surface area contributed by atoms with Crippen molar-refractivity contribution in [1.82, 2.24) is 9.80 Å². The van der Waals surface area contributed by atoms with Gasteiger partial charge >= 0.3 is 0 Å². The molecule has 1 heterocycles. The highest BCUT2D eigenvalue weighted by Crippen LogP contribution is 2.06. The molecule has 1 amide bonds. The maximum atomic E-state index is 12.1. The number of ether oxygens (including phenoxy) is 4. The van der Waals surface area contributed by atoms with Crippen LogP contribution in [0.15, 0.2) is 0 Å². The Hall–Kier alpha value is -0.730. The number of hydrogen-bond donors (Lipinski definition) is 0. The molecule has 0 unspecified atom stereocenters. The number of amides is 1. The van der Waals surface area contributed by atoms with Gasteiger partial charge in [0.15, 0.2) is 0 Å². The van der Waals surface area contributed by atoms with Gasteiger partial charge in [0, 0.05) is 38.8 Å². The average molecular weight is 389 g/mol. The molecule has 0 atom stereocenters. The van der Waals surface area contributed by atoms with Gasteiger partial charge in [-0.3, -0.25) is 9.69 Å². The highest BCUT2D eigenvalue weighted by atomic mass is 16.6. The molecular weight excluding hydrogens is 348 g/mol. The SMILES string of the molecule is CC(C)CCOCCOCCOCCOCC(=O)N1CCN(C(C)C)CC1. The summed E-state index contributed by atoms with van der Waals surface area (Å²) in [5, 5.41) is 0. The van der Waals surface area contributed by atoms with Crippen LogP contribution in [0.2, 0.25) is 0 Å². The smallest absolute Gasteiger partial charge is 0.248 e. The van der Waals surface area contributed by atoms with Crippen molar-refractivity contribution < 1.29 is 23.7 Å². The zero-order valence-electron chi connectivity index (χ0n) is 17.8. The first-order valence-corrected chi connectivity index (χ1v) is 10.3. The van der Waals surface area contributed by atoms with Gasteiger partial charge < -0.3 is 23.8 Å². The molecule has 0 N–H and O–H groups in total. The van der Waals surface area contributed by atoms with E-state index < -0.39 is 0 Å². The molecule has 0 radical (unpaired) electrons. The maximum absolute atomic E-state index is 12.1. The van der Waals surface area contributed by atoms with Gasteiger partial charge in [-0.15, -0.1) is 0 Å². The maximum Gasteiger partial charge on any atom is 0.248 e. The third-order valence-electron chi connectivity index (χ3n) is 4.58. The Balaban J connectivity index is 1.84. The normalized spacial score (nSPS) is 15.9. The molecule has 1 saturated heterocycles. The fraction of sp³-hybridized carbons (Fsp3) is 0.950. The van der Waals surface area contributed by atoms with Crippen molar-refractivity contribution in [2.45, 2.75) is 40.2 Å². The Morgan fingerprint density at radius 1 is 0.741 bits per heavy atom. The van der Waals surface area contributed by atoms with Crippen LogP contribution in [0.4, 0.5) is 0 Å². The topological polar surface area (TPSA) is 60.5 Å². The molecule has 1 fully saturated rings. The molecule has 1 aliphatic heterocycles. The fourth-order valence-corrected chi connectivity index (χ4v) is 2.72. The summed E-state index contributed by atoms with van der Waals surface area (Å²) < 4.78 is 21.8. The van der Waals surface area contributed by atoms with Crippen LogP contribution in [0.25, 0.3) is 0 Å². The van der Waals surface area contributed by atoms with E-state index in [4.69, 9.17) is 18.9 Å². The van der Waals surface area contributed by atoms with Crippen molar-refractivity contribution in [2.24, 2.45) is 5.92 Å². The summed E-state index contributed by atoms with van der Waals surface area (Å²) in [7, 11) is 0. The number of rotatable bonds is 15. The average Bonchev–Trinajstić information content (AvgIpc) is 2.65. The molecule has 0 aromatic carbocycles. The number of hydrogen-bond acceptors (Lipinski definition) is 6. The van der Waals surface area contributed by atoms with Crippen LogP contribution in [-0.4, -0.2) is 101 Å². The highest BCUT2D eigenvalue weighted by Gasteiger charge is 2.22. The van der Waals surface area contributed by atoms with Gasteiger partial charge in [-0.25, -0.2) is 0 Å². The third kappa shape index (κ3) is 12.4. The van der Waals surface area contributed by atoms with E-state index in [1.165, 1.54) is 0 Å². The van der Waals surface area contributed by atoms with Crippen molar-refractivity contribution >= 4 is 5.91 Å². The van der Waals surface area contributed by atoms with Gasteiger partial charge in [0.25, 0.3) is 0 Å². The van der Waals surface area contributed by atoms with Crippen LogP contribution in [0.5, 0.6) is 0 Å². The number of carbonyl (C=O) groups is 1. The molecule has 27 heavy (non-hydrogen) atoms. The first kappa shape index (κ1) is 24.3. The van der Waals surface area contributed by atoms with Crippen LogP contribution < -0.4 is 0 Å². The van der Waals surface area contributed by atoms with E-state index >= 15 is 0 Å². The van der Waals surface area contributed by atoms with Crippen molar-refractivity contribution in [3.63, 3.8) is 0 Å². The molecule has 1 rings (SSSR count). The lowest BCUT2D eigenvalue weighted by Gasteiger charge is -2.36. The number of nitrogens with zero attached hydrogens (tertiary/aromatic N) is 2. The van der Waals surface area contributed by atoms with Crippen LogP contribution in [0.3, 0.4) is 0 Å². The van der Waals surface area contributed by atoms with Gasteiger partial charge in [-0.2, -0.15) is 0 Å². The summed E-state index contributed by atoms with van der Waals surface area (Å²) in [6, 6.07) is 0.539. The molecule has 0 bridgehead atoms. The van der Waals surface area contributed by atoms with Crippen LogP contribution in [-0.2, 0) is 23.7 Å². The Morgan fingerprint density at radius 2 is 1.22 bits per heavy atom. The molecule has 0 spiro atoms. The Bertz CT molecular complexity index is 371. The van der Waals surface area contributed by atoms with Gasteiger partial charge in [0.2, 0.25) is 5.91 Å². The lowest BCUT2D eigenvalue weighted by atomic mass is 10.1. The summed E-state index contributed by atoms with van der Waals surface area (Å²) in [6.07, 6.45) is 1.08. The van der Waals surface area contributed by atoms with Crippen molar-refractivity contribution in [3.05, 3.63) is 0 Å². The van der Waals surface area contributed by atoms with Gasteiger partial charge in [0.05, 0.1) is 39.6 Å². The second kappa shape index (κ2) is 15.2. The fourth-order valence-electron chi connectivity index (χ4n) is 2.72. The summed E-state index contributed by atoms with van der Waals surface area (Å²) in [5.74, 6) is 0.742. The zero-order valence-corrected chi connectivity index (χ0v) is 17.8. The largest absolute Gasteiger partial charge is 0.379 e. The lowest BCUT2D eigenvalue weighted by molar-refractivity contribution is -0.138. The van der Waals surface area contributed by atoms with Crippen LogP contribution in [0, 0.1) is 5.92 Å². The molecule has 160 valence electrons. The quantitative estimate of drug-likeness (QED) is 0.398. The van der Waals surface area contributed by atoms with Crippen molar-refractivity contribution in [1.29, 1.82) is 0 Å². The predicted octanol–water partition coefficient (Wildman–Crippen LogP) is 1.65. The van der Waals surface area contributed by atoms with E-state index in [1.54, 1.807) is 0 Å². The van der Waals surface area contributed by atoms with Gasteiger partial charge in [-0.1, -0.05) is 13.8 Å². The Labute approximate surface area is 165 Å². The van der Waals surface area contributed by atoms with E-state index in [0.29, 0.717) is 51.6 Å². The lowest BCUT2D eigenvalue weighted by Crippen LogP contribution is -2.51. The molecule has 7 heteroatoms. The van der Waals surface area contributed by atoms with Crippen molar-refractivity contribution in [2.75, 3.05) is 79.0 Å². The van der Waals surface area contributed by atoms with E-state index in [9.17, 15) is 4.79 Å². The molecule has 0 saturated carbocycles. The van der Waals surface area contributed by atoms with Crippen LogP contribution >= 0.6 is 0 Å². The standard InChI is InChI=1S/C20H40N2O5/c1-18(2)5-10-24-11-12-25-13-14-26-15-16-27-17-20(23)22-8-6-21(7-9-22)19(3)4/h18-19H,5-17H2,1-4H3. The zero-order chi connectivity index (χ0) is 19.9. The Kier molecular flexibility index (Phi) is 13.7. The summed E-state index contributed by atoms with van der Waals surface area (Å²) in [5.41, 5.74) is 0. The molecule has 7 nitrogen and oxygen atoms in total. The minimum atomic E-state index is 0.0687. The van der Waals surface area contributed by atoms with Gasteiger partial charge in [-0.05, 0) is 26.2 Å². The molecule has 0 aliphatic carbocycles. The van der Waals surface area contributed by atoms with E-state index in [1.807, 2.05) is 4.90 Å². The molecule has 1 aliphatic rings. The minimum absolute atomic E-state index is 0.0687. The minimum Gasteiger partial charge on any atom is -0.379 e. The molecule has 0 aromatic heterocycles. The third-order valence-corrected chi connectivity index (χ3v) is 4.58. The Morgan fingerprint density at radius 3 is 1.70 bits per heavy atom. The first-order chi connectivity index (χ1) is 13.0. The highest BCUT2D eigenvalue weighted by molar-refractivity contribution is 5.77. The van der Waals surface area contributed by atoms with E-state index in [0.717, 1.165) is 39.2 Å². The molecule has 0 aromatic rings. The summed E-state index contributed by atoms with van der Waals surface area (Å²) in [4.78, 5) is 16.4. The monoisotopic (exact) mass is 388 g/mol. The number of piperazine rings is 1. The van der Waals surface area contributed by atoms with E-state index in [-0.39, 0.29) is 12.5 Å².